The molecule has 3 aromatic carbocycles. The zero-order valence-electron chi connectivity index (χ0n) is 16.3. The fourth-order valence-electron chi connectivity index (χ4n) is 3.23. The molecule has 0 spiro atoms. The number of hydrogen-bond donors (Lipinski definition) is 3. The minimum absolute atomic E-state index is 0.0139. The molecular formula is C24H18FN3O3. The lowest BCUT2D eigenvalue weighted by Crippen LogP contribution is -2.14. The van der Waals surface area contributed by atoms with E-state index in [1.165, 1.54) is 24.3 Å². The molecule has 6 nitrogen and oxygen atoms in total. The first-order chi connectivity index (χ1) is 14.9. The van der Waals surface area contributed by atoms with E-state index in [0.29, 0.717) is 22.8 Å². The number of nitrogens with two attached hydrogens (primary N) is 2. The predicted octanol–water partition coefficient (Wildman–Crippen LogP) is 4.53. The number of para-hydroxylation sites is 1. The summed E-state index contributed by atoms with van der Waals surface area (Å²) in [7, 11) is 0. The Hall–Kier alpha value is -4.39. The lowest BCUT2D eigenvalue weighted by atomic mass is 10.0. The summed E-state index contributed by atoms with van der Waals surface area (Å²) in [6.07, 6.45) is 0. The molecule has 0 bridgehead atoms. The fourth-order valence-corrected chi connectivity index (χ4v) is 3.23. The summed E-state index contributed by atoms with van der Waals surface area (Å²) in [6.45, 7) is 0. The first-order valence-electron chi connectivity index (χ1n) is 9.39. The summed E-state index contributed by atoms with van der Waals surface area (Å²) in [5.74, 6) is -0.434. The topological polar surface area (TPSA) is 111 Å². The number of ketones is 1. The summed E-state index contributed by atoms with van der Waals surface area (Å²) in [6, 6.07) is 21.2. The third-order valence-electron chi connectivity index (χ3n) is 4.74. The molecule has 0 unspecified atom stereocenters. The van der Waals surface area contributed by atoms with Crippen LogP contribution in [0.2, 0.25) is 0 Å². The molecule has 1 heterocycles. The Labute approximate surface area is 177 Å². The fraction of sp³-hybridized carbons (Fsp3) is 0. The largest absolute Gasteiger partial charge is 0.457 e. The first-order valence-corrected chi connectivity index (χ1v) is 9.39. The number of benzene rings is 3. The van der Waals surface area contributed by atoms with Crippen LogP contribution in [0, 0.1) is 5.82 Å². The summed E-state index contributed by atoms with van der Waals surface area (Å²) in [5, 5.41) is 0. The molecule has 4 aromatic rings. The van der Waals surface area contributed by atoms with E-state index in [9.17, 15) is 14.0 Å². The standard InChI is InChI=1S/C24H18FN3O3/c25-16-10-6-15(7-11-16)23(29)22-20(26)19(24(27)30)21(28-22)14-8-12-18(13-9-14)31-17-4-2-1-3-5-17/h1-13,28H,26H2,(H2,27,30). The number of halogens is 1. The molecule has 154 valence electrons. The number of amides is 1. The third kappa shape index (κ3) is 4.02. The van der Waals surface area contributed by atoms with Crippen molar-refractivity contribution >= 4 is 17.4 Å². The number of ether oxygens (including phenoxy) is 1. The van der Waals surface area contributed by atoms with Crippen LogP contribution in [0.4, 0.5) is 10.1 Å². The van der Waals surface area contributed by atoms with E-state index in [1.807, 2.05) is 30.3 Å². The van der Waals surface area contributed by atoms with Gasteiger partial charge in [0.2, 0.25) is 5.78 Å². The van der Waals surface area contributed by atoms with Gasteiger partial charge in [-0.2, -0.15) is 0 Å². The third-order valence-corrected chi connectivity index (χ3v) is 4.74. The highest BCUT2D eigenvalue weighted by Crippen LogP contribution is 2.33. The molecule has 0 aliphatic rings. The highest BCUT2D eigenvalue weighted by molar-refractivity contribution is 6.16. The second kappa shape index (κ2) is 8.16. The lowest BCUT2D eigenvalue weighted by Gasteiger charge is -2.07. The number of nitrogen functional groups attached to an aromatic ring is 1. The van der Waals surface area contributed by atoms with E-state index in [-0.39, 0.29) is 22.5 Å². The van der Waals surface area contributed by atoms with Crippen molar-refractivity contribution in [2.45, 2.75) is 0 Å². The molecule has 0 aliphatic carbocycles. The lowest BCUT2D eigenvalue weighted by molar-refractivity contribution is 0.100. The number of hydrogen-bond acceptors (Lipinski definition) is 4. The van der Waals surface area contributed by atoms with Gasteiger partial charge in [0, 0.05) is 5.56 Å². The maximum atomic E-state index is 13.2. The molecule has 0 radical (unpaired) electrons. The highest BCUT2D eigenvalue weighted by Gasteiger charge is 2.25. The van der Waals surface area contributed by atoms with Crippen molar-refractivity contribution in [3.8, 4) is 22.8 Å². The minimum atomic E-state index is -0.772. The van der Waals surface area contributed by atoms with Crippen LogP contribution in [0.15, 0.2) is 78.9 Å². The monoisotopic (exact) mass is 415 g/mol. The molecule has 0 aliphatic heterocycles. The Morgan fingerprint density at radius 2 is 1.45 bits per heavy atom. The molecule has 4 rings (SSSR count). The van der Waals surface area contributed by atoms with Crippen LogP contribution in [-0.2, 0) is 0 Å². The number of carbonyl (C=O) groups is 2. The summed E-state index contributed by atoms with van der Waals surface area (Å²) < 4.78 is 19.0. The molecule has 1 amide bonds. The Bertz CT molecular complexity index is 1250. The van der Waals surface area contributed by atoms with Crippen LogP contribution in [0.1, 0.15) is 26.4 Å². The van der Waals surface area contributed by atoms with Crippen LogP contribution in [-0.4, -0.2) is 16.7 Å². The van der Waals surface area contributed by atoms with Crippen LogP contribution < -0.4 is 16.2 Å². The van der Waals surface area contributed by atoms with Crippen LogP contribution in [0.5, 0.6) is 11.5 Å². The van der Waals surface area contributed by atoms with Gasteiger partial charge in [0.1, 0.15) is 23.0 Å². The van der Waals surface area contributed by atoms with Gasteiger partial charge >= 0.3 is 0 Å². The number of primary amides is 1. The molecule has 1 aromatic heterocycles. The van der Waals surface area contributed by atoms with Gasteiger partial charge in [0.25, 0.3) is 5.91 Å². The van der Waals surface area contributed by atoms with E-state index in [0.717, 1.165) is 0 Å². The van der Waals surface area contributed by atoms with Crippen LogP contribution >= 0.6 is 0 Å². The quantitative estimate of drug-likeness (QED) is 0.402. The zero-order chi connectivity index (χ0) is 22.0. The number of carbonyl (C=O) groups excluding carboxylic acids is 2. The highest BCUT2D eigenvalue weighted by atomic mass is 19.1. The number of H-pyrrole nitrogens is 1. The molecule has 0 fully saturated rings. The van der Waals surface area contributed by atoms with Gasteiger partial charge < -0.3 is 21.2 Å². The second-order valence-electron chi connectivity index (χ2n) is 6.80. The number of nitrogens with one attached hydrogen (secondary N) is 1. The van der Waals surface area contributed by atoms with Gasteiger partial charge in [-0.1, -0.05) is 18.2 Å². The van der Waals surface area contributed by atoms with Crippen LogP contribution in [0.25, 0.3) is 11.3 Å². The summed E-state index contributed by atoms with van der Waals surface area (Å²) >= 11 is 0. The maximum absolute atomic E-state index is 13.2. The van der Waals surface area contributed by atoms with E-state index in [4.69, 9.17) is 16.2 Å². The van der Waals surface area contributed by atoms with E-state index >= 15 is 0 Å². The predicted molar refractivity (Wildman–Crippen MR) is 116 cm³/mol. The average Bonchev–Trinajstić information content (AvgIpc) is 3.12. The van der Waals surface area contributed by atoms with Crippen molar-refractivity contribution < 1.29 is 18.7 Å². The van der Waals surface area contributed by atoms with Crippen molar-refractivity contribution in [1.29, 1.82) is 0 Å². The molecule has 0 saturated carbocycles. The number of aromatic amines is 1. The molecular weight excluding hydrogens is 397 g/mol. The van der Waals surface area contributed by atoms with Gasteiger partial charge in [-0.3, -0.25) is 9.59 Å². The smallest absolute Gasteiger partial charge is 0.253 e. The number of aromatic nitrogens is 1. The van der Waals surface area contributed by atoms with Crippen molar-refractivity contribution in [3.05, 3.63) is 102 Å². The molecule has 5 N–H and O–H groups in total. The number of anilines is 1. The van der Waals surface area contributed by atoms with Gasteiger partial charge in [0.05, 0.1) is 16.9 Å². The first kappa shape index (κ1) is 19.9. The molecule has 0 saturated heterocycles. The van der Waals surface area contributed by atoms with Crippen molar-refractivity contribution in [3.63, 3.8) is 0 Å². The second-order valence-corrected chi connectivity index (χ2v) is 6.80. The van der Waals surface area contributed by atoms with Gasteiger partial charge in [-0.25, -0.2) is 4.39 Å². The Morgan fingerprint density at radius 1 is 0.839 bits per heavy atom. The summed E-state index contributed by atoms with van der Waals surface area (Å²) in [5.41, 5.74) is 12.7. The SMILES string of the molecule is NC(=O)c1c(-c2ccc(Oc3ccccc3)cc2)[nH]c(C(=O)c2ccc(F)cc2)c1N. The van der Waals surface area contributed by atoms with Crippen molar-refractivity contribution in [2.75, 3.05) is 5.73 Å². The Morgan fingerprint density at radius 3 is 2.06 bits per heavy atom. The van der Waals surface area contributed by atoms with Crippen LogP contribution in [0.3, 0.4) is 0 Å². The van der Waals surface area contributed by atoms with Gasteiger partial charge in [0.15, 0.2) is 0 Å². The van der Waals surface area contributed by atoms with E-state index in [1.54, 1.807) is 24.3 Å². The normalized spacial score (nSPS) is 10.6. The molecule has 0 atom stereocenters. The maximum Gasteiger partial charge on any atom is 0.253 e. The minimum Gasteiger partial charge on any atom is -0.457 e. The molecule has 7 heteroatoms. The summed E-state index contributed by atoms with van der Waals surface area (Å²) in [4.78, 5) is 27.8. The Kier molecular flexibility index (Phi) is 5.24. The van der Waals surface area contributed by atoms with E-state index in [2.05, 4.69) is 4.98 Å². The zero-order valence-corrected chi connectivity index (χ0v) is 16.3. The van der Waals surface area contributed by atoms with Gasteiger partial charge in [-0.05, 0) is 66.2 Å². The van der Waals surface area contributed by atoms with Gasteiger partial charge in [-0.15, -0.1) is 0 Å². The van der Waals surface area contributed by atoms with Crippen molar-refractivity contribution in [2.24, 2.45) is 5.73 Å². The number of rotatable bonds is 6. The van der Waals surface area contributed by atoms with Crippen molar-refractivity contribution in [1.82, 2.24) is 4.98 Å². The van der Waals surface area contributed by atoms with E-state index < -0.39 is 17.5 Å². The Balaban J connectivity index is 1.69. The average molecular weight is 415 g/mol. The molecule has 31 heavy (non-hydrogen) atoms.